The minimum atomic E-state index is -2.09. The molecule has 24 N–H and O–H groups in total. The maximum absolute atomic E-state index is 15.1. The number of hydrogen-bond acceptors (Lipinski definition) is 21. The molecule has 12 atom stereocenters. The lowest BCUT2D eigenvalue weighted by Gasteiger charge is -2.31. The van der Waals surface area contributed by atoms with Crippen LogP contribution in [0.3, 0.4) is 0 Å². The number of aliphatic hydroxyl groups is 1. The summed E-state index contributed by atoms with van der Waals surface area (Å²) < 4.78 is 0. The Morgan fingerprint density at radius 1 is 0.500 bits per heavy atom. The van der Waals surface area contributed by atoms with Gasteiger partial charge < -0.3 is 116 Å². The number of aliphatic hydroxyl groups excluding tert-OH is 1. The van der Waals surface area contributed by atoms with Gasteiger partial charge in [0.15, 0.2) is 0 Å². The second kappa shape index (κ2) is 41.3. The number of carboxylic acids is 4. The zero-order chi connectivity index (χ0) is 76.9. The lowest BCUT2D eigenvalue weighted by Crippen LogP contribution is -2.61. The molecule has 38 nitrogen and oxygen atoms in total. The lowest BCUT2D eigenvalue weighted by atomic mass is 10.0. The molecule has 1 aromatic heterocycles. The van der Waals surface area contributed by atoms with Gasteiger partial charge in [-0.25, -0.2) is 0 Å². The fourth-order valence-electron chi connectivity index (χ4n) is 11.8. The number of aromatic hydroxyl groups is 1. The number of carbonyl (C=O) groups excluding carboxylic acids is 12. The smallest absolute Gasteiger partial charge is 0.305 e. The van der Waals surface area contributed by atoms with Gasteiger partial charge in [0, 0.05) is 55.9 Å². The molecule has 570 valence electrons. The second-order valence-corrected chi connectivity index (χ2v) is 25.4. The number of hydrogen-bond donors (Lipinski definition) is 20. The van der Waals surface area contributed by atoms with Gasteiger partial charge in [-0.3, -0.25) is 76.7 Å². The minimum Gasteiger partial charge on any atom is -0.508 e. The summed E-state index contributed by atoms with van der Waals surface area (Å²) in [5, 5.41) is 81.8. The normalized spacial score (nSPS) is 17.0. The van der Waals surface area contributed by atoms with Gasteiger partial charge in [0.2, 0.25) is 70.9 Å². The number of fused-ring (bicyclic) bond motifs is 1. The molecule has 104 heavy (non-hydrogen) atoms. The number of nitrogens with one attached hydrogen (secondary N) is 10. The van der Waals surface area contributed by atoms with Crippen molar-refractivity contribution in [2.24, 2.45) is 22.9 Å². The number of phenolic OH excluding ortho intramolecular Hbond substituents is 1. The Morgan fingerprint density at radius 2 is 0.962 bits per heavy atom. The molecular formula is C66H94N16O22. The summed E-state index contributed by atoms with van der Waals surface area (Å²) in [5.41, 5.74) is 23.8. The maximum atomic E-state index is 15.1. The summed E-state index contributed by atoms with van der Waals surface area (Å²) in [6.07, 6.45) is -1.96. The number of amides is 12. The average molecular weight is 1460 g/mol. The van der Waals surface area contributed by atoms with Crippen LogP contribution in [0.5, 0.6) is 5.75 Å². The predicted molar refractivity (Wildman–Crippen MR) is 365 cm³/mol. The molecule has 0 spiro atoms. The number of nitrogens with two attached hydrogens (primary N) is 4. The molecular weight excluding hydrogens is 1370 g/mol. The van der Waals surface area contributed by atoms with E-state index in [1.807, 2.05) is 0 Å². The summed E-state index contributed by atoms with van der Waals surface area (Å²) in [6.45, 7) is 0.546. The van der Waals surface area contributed by atoms with Gasteiger partial charge in [0.05, 0.1) is 25.5 Å². The first kappa shape index (κ1) is 83.8. The number of aromatic amines is 1. The van der Waals surface area contributed by atoms with Crippen LogP contribution in [0.4, 0.5) is 0 Å². The number of aromatic nitrogens is 1. The Labute approximate surface area is 596 Å². The summed E-state index contributed by atoms with van der Waals surface area (Å²) in [7, 11) is 0. The SMILES string of the molecule is CC(NC(=O)C(CO)NC(=O)C1CCCN1C(=O)C(Cc1c[nH]c2ccccc12)NC(=O)C(CCC(=O)O)NC(=O)C(Cc1ccc(O)cc1)NC(=O)C(CC(=O)O)NC(=O)C1CCCN1C(=O)C(CC(=O)O)NC(=O)C(CCC(=O)O)NC(=O)C(N)CCCCN)C(=O)NC(CCCCN)C(N)=O. The van der Waals surface area contributed by atoms with E-state index >= 15 is 4.79 Å². The standard InChI is InChI=1S/C66H94N16O22/c1-34(56(94)73-41(55(70)93)13-5-7-25-68)72-62(100)48(33-83)80-64(102)50-15-9-26-81(50)65(103)46(29-36-32-71-40-12-3-2-10-38(36)40)78-59(97)43(21-23-52(87)88)75-60(98)44(28-35-16-18-37(84)19-17-35)76-61(99)45(30-53(89)90)77-63(101)49-14-8-27-82(49)66(104)47(31-54(91)92)79-58(96)42(20-22-51(85)86)74-57(95)39(69)11-4-6-24-67/h2-3,10,12,16-19,32,34,39,41-50,71,83-84H,4-9,11,13-15,20-31,33,67-69H2,1H3,(H2,70,93)(H,72,100)(H,73,94)(H,74,95)(H,75,98)(H,76,99)(H,77,101)(H,78,97)(H,79,96)(H,80,102)(H,85,86)(H,87,88)(H,89,90)(H,91,92). The predicted octanol–water partition coefficient (Wildman–Crippen LogP) is -5.23. The van der Waals surface area contributed by atoms with Crippen molar-refractivity contribution in [1.29, 1.82) is 0 Å². The molecule has 2 saturated heterocycles. The van der Waals surface area contributed by atoms with Crippen molar-refractivity contribution >= 4 is 106 Å². The van der Waals surface area contributed by atoms with E-state index in [-0.39, 0.29) is 69.3 Å². The fourth-order valence-corrected chi connectivity index (χ4v) is 11.8. The van der Waals surface area contributed by atoms with Crippen LogP contribution in [0.25, 0.3) is 10.9 Å². The molecule has 2 aliphatic heterocycles. The van der Waals surface area contributed by atoms with E-state index in [1.54, 1.807) is 30.5 Å². The summed E-state index contributed by atoms with van der Waals surface area (Å²) in [5.74, 6) is -19.0. The number of H-pyrrole nitrogens is 1. The Hall–Kier alpha value is -10.9. The first-order valence-electron chi connectivity index (χ1n) is 34.0. The highest BCUT2D eigenvalue weighted by molar-refractivity contribution is 6.01. The second-order valence-electron chi connectivity index (χ2n) is 25.4. The van der Waals surface area contributed by atoms with Crippen LogP contribution >= 0.6 is 0 Å². The fraction of sp³-hybridized carbons (Fsp3) is 0.545. The quantitative estimate of drug-likeness (QED) is 0.0235. The number of aliphatic carboxylic acids is 4. The molecule has 0 saturated carbocycles. The van der Waals surface area contributed by atoms with Crippen LogP contribution in [0.1, 0.15) is 121 Å². The number of benzene rings is 2. The van der Waals surface area contributed by atoms with Crippen LogP contribution in [-0.4, -0.2) is 245 Å². The van der Waals surface area contributed by atoms with E-state index in [0.29, 0.717) is 55.2 Å². The van der Waals surface area contributed by atoms with Gasteiger partial charge in [0.1, 0.15) is 72.2 Å². The van der Waals surface area contributed by atoms with Crippen molar-refractivity contribution in [2.75, 3.05) is 32.8 Å². The monoisotopic (exact) mass is 1460 g/mol. The topological polar surface area (TPSA) is 629 Å². The number of likely N-dealkylation sites (tertiary alicyclic amines) is 2. The number of phenols is 1. The number of para-hydroxylation sites is 1. The minimum absolute atomic E-state index is 0.00219. The van der Waals surface area contributed by atoms with Crippen molar-refractivity contribution in [3.63, 3.8) is 0 Å². The lowest BCUT2D eigenvalue weighted by molar-refractivity contribution is -0.146. The highest BCUT2D eigenvalue weighted by Crippen LogP contribution is 2.25. The Kier molecular flexibility index (Phi) is 33.3. The summed E-state index contributed by atoms with van der Waals surface area (Å²) in [6, 6.07) is -7.33. The average Bonchev–Trinajstić information content (AvgIpc) is 1.61. The van der Waals surface area contributed by atoms with Crippen LogP contribution in [0.2, 0.25) is 0 Å². The van der Waals surface area contributed by atoms with E-state index < -0.39 is 219 Å². The van der Waals surface area contributed by atoms with Crippen LogP contribution in [-0.2, 0) is 89.6 Å². The van der Waals surface area contributed by atoms with Crippen molar-refractivity contribution in [1.82, 2.24) is 62.6 Å². The Balaban J connectivity index is 1.40. The van der Waals surface area contributed by atoms with Gasteiger partial charge in [-0.05, 0) is 120 Å². The molecule has 3 aromatic rings. The zero-order valence-electron chi connectivity index (χ0n) is 57.3. The number of unbranched alkanes of at least 4 members (excludes halogenated alkanes) is 2. The van der Waals surface area contributed by atoms with Crippen LogP contribution in [0, 0.1) is 0 Å². The largest absolute Gasteiger partial charge is 0.508 e. The van der Waals surface area contributed by atoms with Crippen molar-refractivity contribution in [2.45, 2.75) is 195 Å². The van der Waals surface area contributed by atoms with Crippen LogP contribution < -0.4 is 70.8 Å². The van der Waals surface area contributed by atoms with E-state index in [2.05, 4.69) is 52.8 Å². The van der Waals surface area contributed by atoms with Gasteiger partial charge in [0.25, 0.3) is 0 Å². The molecule has 38 heteroatoms. The molecule has 0 radical (unpaired) electrons. The third kappa shape index (κ3) is 25.9. The van der Waals surface area contributed by atoms with Gasteiger partial charge in [-0.15, -0.1) is 0 Å². The van der Waals surface area contributed by atoms with E-state index in [0.717, 1.165) is 9.80 Å². The highest BCUT2D eigenvalue weighted by atomic mass is 16.4. The molecule has 0 bridgehead atoms. The molecule has 3 heterocycles. The van der Waals surface area contributed by atoms with E-state index in [9.17, 15) is 103 Å². The first-order chi connectivity index (χ1) is 49.3. The number of nitrogens with zero attached hydrogens (tertiary/aromatic N) is 2. The molecule has 2 aromatic carbocycles. The number of carbonyl (C=O) groups is 16. The third-order valence-corrected chi connectivity index (χ3v) is 17.4. The number of carboxylic acid groups (broad SMARTS) is 4. The van der Waals surface area contributed by atoms with E-state index in [4.69, 9.17) is 22.9 Å². The summed E-state index contributed by atoms with van der Waals surface area (Å²) >= 11 is 0. The molecule has 0 aliphatic carbocycles. The number of rotatable bonds is 44. The van der Waals surface area contributed by atoms with Crippen molar-refractivity contribution < 1.29 is 107 Å². The first-order valence-corrected chi connectivity index (χ1v) is 34.0. The molecule has 2 aliphatic rings. The third-order valence-electron chi connectivity index (χ3n) is 17.4. The summed E-state index contributed by atoms with van der Waals surface area (Å²) in [4.78, 5) is 221. The van der Waals surface area contributed by atoms with Crippen LogP contribution in [0.15, 0.2) is 54.7 Å². The molecule has 12 unspecified atom stereocenters. The Bertz CT molecular complexity index is 3570. The molecule has 12 amide bonds. The van der Waals surface area contributed by atoms with Gasteiger partial charge in [-0.1, -0.05) is 36.8 Å². The van der Waals surface area contributed by atoms with Crippen molar-refractivity contribution in [3.05, 3.63) is 65.9 Å². The molecule has 5 rings (SSSR count). The Morgan fingerprint density at radius 3 is 1.50 bits per heavy atom. The highest BCUT2D eigenvalue weighted by Gasteiger charge is 2.43. The zero-order valence-corrected chi connectivity index (χ0v) is 57.3. The van der Waals surface area contributed by atoms with Crippen molar-refractivity contribution in [3.8, 4) is 5.75 Å². The van der Waals surface area contributed by atoms with Gasteiger partial charge >= 0.3 is 23.9 Å². The van der Waals surface area contributed by atoms with Gasteiger partial charge in [-0.2, -0.15) is 0 Å². The maximum Gasteiger partial charge on any atom is 0.305 e. The number of primary amides is 1. The van der Waals surface area contributed by atoms with E-state index in [1.165, 1.54) is 31.2 Å². The molecule has 2 fully saturated rings.